The zero-order valence-corrected chi connectivity index (χ0v) is 11.7. The summed E-state index contributed by atoms with van der Waals surface area (Å²) in [7, 11) is 3.38. The molecule has 1 aromatic heterocycles. The summed E-state index contributed by atoms with van der Waals surface area (Å²) < 4.78 is 6.84. The van der Waals surface area contributed by atoms with Crippen molar-refractivity contribution in [3.05, 3.63) is 11.9 Å². The van der Waals surface area contributed by atoms with E-state index in [9.17, 15) is 4.79 Å². The molecule has 1 saturated carbocycles. The molecular weight excluding hydrogens is 228 g/mol. The third kappa shape index (κ3) is 2.42. The number of hydrogen-bond acceptors (Lipinski definition) is 3. The SMILES string of the molecule is COc1cnn(C)c1C(=O)C1CCC(C)(C)CC1. The zero-order valence-electron chi connectivity index (χ0n) is 11.7. The molecule has 1 aromatic rings. The van der Waals surface area contributed by atoms with E-state index < -0.39 is 0 Å². The molecule has 1 aliphatic rings. The predicted molar refractivity (Wildman–Crippen MR) is 69.8 cm³/mol. The molecule has 4 heteroatoms. The third-order valence-corrected chi connectivity index (χ3v) is 4.07. The molecule has 1 fully saturated rings. The number of rotatable bonds is 3. The first-order chi connectivity index (χ1) is 8.44. The van der Waals surface area contributed by atoms with Crippen LogP contribution in [0.5, 0.6) is 5.75 Å². The maximum absolute atomic E-state index is 12.5. The van der Waals surface area contributed by atoms with Gasteiger partial charge in [-0.3, -0.25) is 9.48 Å². The van der Waals surface area contributed by atoms with Crippen molar-refractivity contribution in [1.82, 2.24) is 9.78 Å². The van der Waals surface area contributed by atoms with Crippen LogP contribution in [0, 0.1) is 11.3 Å². The Morgan fingerprint density at radius 1 is 1.44 bits per heavy atom. The summed E-state index contributed by atoms with van der Waals surface area (Å²) in [5, 5.41) is 4.10. The van der Waals surface area contributed by atoms with Crippen LogP contribution in [-0.2, 0) is 7.05 Å². The molecule has 0 atom stereocenters. The lowest BCUT2D eigenvalue weighted by Gasteiger charge is -2.33. The number of hydrogen-bond donors (Lipinski definition) is 0. The Morgan fingerprint density at radius 3 is 2.61 bits per heavy atom. The first kappa shape index (κ1) is 13.1. The van der Waals surface area contributed by atoms with Gasteiger partial charge < -0.3 is 4.74 Å². The highest BCUT2D eigenvalue weighted by Gasteiger charge is 2.33. The first-order valence-corrected chi connectivity index (χ1v) is 6.55. The lowest BCUT2D eigenvalue weighted by molar-refractivity contribution is 0.0825. The molecule has 100 valence electrons. The Kier molecular flexibility index (Phi) is 3.46. The van der Waals surface area contributed by atoms with Gasteiger partial charge in [0.15, 0.2) is 11.5 Å². The van der Waals surface area contributed by atoms with E-state index in [1.54, 1.807) is 25.0 Å². The standard InChI is InChI=1S/C14H22N2O2/c1-14(2)7-5-10(6-8-14)13(17)12-11(18-4)9-15-16(12)3/h9-10H,5-8H2,1-4H3. The summed E-state index contributed by atoms with van der Waals surface area (Å²) in [6, 6.07) is 0. The number of aromatic nitrogens is 2. The molecule has 0 N–H and O–H groups in total. The minimum absolute atomic E-state index is 0.127. The van der Waals surface area contributed by atoms with Crippen LogP contribution in [0.25, 0.3) is 0 Å². The molecule has 1 aliphatic carbocycles. The van der Waals surface area contributed by atoms with Gasteiger partial charge in [-0.2, -0.15) is 5.10 Å². The van der Waals surface area contributed by atoms with Crippen molar-refractivity contribution in [1.29, 1.82) is 0 Å². The molecule has 0 amide bonds. The van der Waals surface area contributed by atoms with Crippen molar-refractivity contribution in [3.63, 3.8) is 0 Å². The smallest absolute Gasteiger partial charge is 0.187 e. The summed E-state index contributed by atoms with van der Waals surface area (Å²) >= 11 is 0. The van der Waals surface area contributed by atoms with Gasteiger partial charge in [-0.25, -0.2) is 0 Å². The lowest BCUT2D eigenvalue weighted by atomic mass is 9.71. The van der Waals surface area contributed by atoms with Gasteiger partial charge in [0.25, 0.3) is 0 Å². The average Bonchev–Trinajstić information content (AvgIpc) is 2.69. The fourth-order valence-electron chi connectivity index (χ4n) is 2.70. The highest BCUT2D eigenvalue weighted by Crippen LogP contribution is 2.39. The summed E-state index contributed by atoms with van der Waals surface area (Å²) in [4.78, 5) is 12.5. The second kappa shape index (κ2) is 4.75. The topological polar surface area (TPSA) is 44.1 Å². The second-order valence-corrected chi connectivity index (χ2v) is 5.99. The Labute approximate surface area is 108 Å². The van der Waals surface area contributed by atoms with Gasteiger partial charge >= 0.3 is 0 Å². The van der Waals surface area contributed by atoms with Gasteiger partial charge in [0.05, 0.1) is 13.3 Å². The minimum atomic E-state index is 0.127. The molecular formula is C14H22N2O2. The average molecular weight is 250 g/mol. The first-order valence-electron chi connectivity index (χ1n) is 6.55. The molecule has 0 spiro atoms. The molecule has 2 rings (SSSR count). The van der Waals surface area contributed by atoms with Gasteiger partial charge in [-0.15, -0.1) is 0 Å². The Morgan fingerprint density at radius 2 is 2.06 bits per heavy atom. The molecule has 4 nitrogen and oxygen atoms in total. The fourth-order valence-corrected chi connectivity index (χ4v) is 2.70. The molecule has 0 bridgehead atoms. The summed E-state index contributed by atoms with van der Waals surface area (Å²) in [5.74, 6) is 0.900. The second-order valence-electron chi connectivity index (χ2n) is 5.99. The number of ketones is 1. The number of carbonyl (C=O) groups excluding carboxylic acids is 1. The normalized spacial score (nSPS) is 19.8. The van der Waals surface area contributed by atoms with Crippen LogP contribution >= 0.6 is 0 Å². The van der Waals surface area contributed by atoms with E-state index in [1.807, 2.05) is 0 Å². The summed E-state index contributed by atoms with van der Waals surface area (Å²) in [5.41, 5.74) is 0.995. The van der Waals surface area contributed by atoms with Crippen molar-refractivity contribution in [2.24, 2.45) is 18.4 Å². The van der Waals surface area contributed by atoms with E-state index in [1.165, 1.54) is 0 Å². The predicted octanol–water partition coefficient (Wildman–Crippen LogP) is 2.83. The largest absolute Gasteiger partial charge is 0.493 e. The van der Waals surface area contributed by atoms with Crippen LogP contribution in [0.15, 0.2) is 6.20 Å². The van der Waals surface area contributed by atoms with E-state index >= 15 is 0 Å². The third-order valence-electron chi connectivity index (χ3n) is 4.07. The monoisotopic (exact) mass is 250 g/mol. The van der Waals surface area contributed by atoms with Crippen LogP contribution in [-0.4, -0.2) is 22.7 Å². The maximum Gasteiger partial charge on any atom is 0.187 e. The van der Waals surface area contributed by atoms with Crippen LogP contribution in [0.1, 0.15) is 50.0 Å². The number of carbonyl (C=O) groups is 1. The molecule has 0 saturated heterocycles. The summed E-state index contributed by atoms with van der Waals surface area (Å²) in [6.07, 6.45) is 5.79. The molecule has 0 aliphatic heterocycles. The molecule has 18 heavy (non-hydrogen) atoms. The Balaban J connectivity index is 2.15. The highest BCUT2D eigenvalue weighted by molar-refractivity contribution is 5.98. The molecule has 0 unspecified atom stereocenters. The number of Topliss-reactive ketones (excluding diaryl/α,β-unsaturated/α-hetero) is 1. The van der Waals surface area contributed by atoms with E-state index in [0.717, 1.165) is 25.7 Å². The van der Waals surface area contributed by atoms with Crippen LogP contribution in [0.4, 0.5) is 0 Å². The van der Waals surface area contributed by atoms with Gasteiger partial charge in [-0.1, -0.05) is 13.8 Å². The van der Waals surface area contributed by atoms with Gasteiger partial charge in [-0.05, 0) is 31.1 Å². The van der Waals surface area contributed by atoms with Crippen LogP contribution in [0.3, 0.4) is 0 Å². The van der Waals surface area contributed by atoms with Crippen molar-refractivity contribution in [2.45, 2.75) is 39.5 Å². The van der Waals surface area contributed by atoms with Crippen molar-refractivity contribution >= 4 is 5.78 Å². The van der Waals surface area contributed by atoms with Crippen LogP contribution < -0.4 is 4.74 Å². The number of aryl methyl sites for hydroxylation is 1. The van der Waals surface area contributed by atoms with Gasteiger partial charge in [0, 0.05) is 13.0 Å². The highest BCUT2D eigenvalue weighted by atomic mass is 16.5. The minimum Gasteiger partial charge on any atom is -0.493 e. The van der Waals surface area contributed by atoms with E-state index in [4.69, 9.17) is 4.74 Å². The Bertz CT molecular complexity index is 439. The number of methoxy groups -OCH3 is 1. The van der Waals surface area contributed by atoms with Gasteiger partial charge in [0.2, 0.25) is 0 Å². The zero-order chi connectivity index (χ0) is 13.3. The quantitative estimate of drug-likeness (QED) is 0.775. The van der Waals surface area contributed by atoms with Crippen molar-refractivity contribution in [3.8, 4) is 5.75 Å². The molecule has 0 radical (unpaired) electrons. The number of nitrogens with zero attached hydrogens (tertiary/aromatic N) is 2. The van der Waals surface area contributed by atoms with Crippen molar-refractivity contribution < 1.29 is 9.53 Å². The lowest BCUT2D eigenvalue weighted by Crippen LogP contribution is -2.27. The fraction of sp³-hybridized carbons (Fsp3) is 0.714. The molecule has 1 heterocycles. The van der Waals surface area contributed by atoms with Crippen molar-refractivity contribution in [2.75, 3.05) is 7.11 Å². The van der Waals surface area contributed by atoms with E-state index in [2.05, 4.69) is 18.9 Å². The van der Waals surface area contributed by atoms with Gasteiger partial charge in [0.1, 0.15) is 5.69 Å². The summed E-state index contributed by atoms with van der Waals surface area (Å²) in [6.45, 7) is 4.55. The maximum atomic E-state index is 12.5. The van der Waals surface area contributed by atoms with E-state index in [0.29, 0.717) is 16.9 Å². The molecule has 0 aromatic carbocycles. The van der Waals surface area contributed by atoms with Crippen LogP contribution in [0.2, 0.25) is 0 Å². The van der Waals surface area contributed by atoms with E-state index in [-0.39, 0.29) is 11.7 Å². The number of ether oxygens (including phenoxy) is 1. The Hall–Kier alpha value is -1.32.